The second kappa shape index (κ2) is 19.4. The highest BCUT2D eigenvalue weighted by Gasteiger charge is 2.28. The lowest BCUT2D eigenvalue weighted by Gasteiger charge is -2.09. The quantitative estimate of drug-likeness (QED) is 0.105. The van der Waals surface area contributed by atoms with Crippen molar-refractivity contribution in [3.05, 3.63) is 195 Å². The molecule has 25 rings (SSSR count). The van der Waals surface area contributed by atoms with E-state index in [0.29, 0.717) is 178 Å². The zero-order valence-electron chi connectivity index (χ0n) is 53.3. The number of hydrogen-bond donors (Lipinski definition) is 2. The van der Waals surface area contributed by atoms with Gasteiger partial charge in [-0.2, -0.15) is 0 Å². The van der Waals surface area contributed by atoms with Gasteiger partial charge in [0.1, 0.15) is 22.6 Å². The number of nitrogens with one attached hydrogen (secondary N) is 2. The van der Waals surface area contributed by atoms with E-state index in [9.17, 15) is 0 Å². The summed E-state index contributed by atoms with van der Waals surface area (Å²) in [5.74, 6) is 1.36. The number of fused-ring (bicyclic) bond motifs is 48. The molecule has 0 saturated carbocycles. The topological polar surface area (TPSA) is 315 Å². The van der Waals surface area contributed by atoms with E-state index in [2.05, 4.69) is 9.97 Å². The summed E-state index contributed by atoms with van der Waals surface area (Å²) >= 11 is 0. The number of aromatic nitrogens is 24. The molecule has 8 aromatic carbocycles. The molecule has 24 nitrogen and oxygen atoms in total. The lowest BCUT2D eigenvalue weighted by molar-refractivity contribution is 1.19. The molecule has 104 heavy (non-hydrogen) atoms. The van der Waals surface area contributed by atoms with Crippen LogP contribution in [0.15, 0.2) is 195 Å². The van der Waals surface area contributed by atoms with Gasteiger partial charge < -0.3 is 9.97 Å². The van der Waals surface area contributed by atoms with Gasteiger partial charge in [0.25, 0.3) is 0 Å². The molecule has 0 aliphatic carbocycles. The molecule has 15 aromatic heterocycles. The third kappa shape index (κ3) is 7.25. The van der Waals surface area contributed by atoms with Crippen LogP contribution in [-0.4, -0.2) is 120 Å². The Morgan fingerprint density at radius 2 is 0.337 bits per heavy atom. The molecular weight excluding hydrogens is 1300 g/mol. The van der Waals surface area contributed by atoms with Gasteiger partial charge in [-0.25, -0.2) is 69.8 Å². The fourth-order valence-corrected chi connectivity index (χ4v) is 15.8. The number of aromatic amines is 2. The molecule has 23 aromatic rings. The van der Waals surface area contributed by atoms with Crippen LogP contribution in [0, 0.1) is 0 Å². The lowest BCUT2D eigenvalue weighted by atomic mass is 10.0. The van der Waals surface area contributed by atoms with Gasteiger partial charge in [0.15, 0.2) is 23.3 Å². The maximum absolute atomic E-state index is 5.58. The van der Waals surface area contributed by atoms with E-state index in [1.165, 1.54) is 0 Å². The normalized spacial score (nSPS) is 12.6. The zero-order chi connectivity index (χ0) is 67.3. The van der Waals surface area contributed by atoms with Crippen molar-refractivity contribution in [3.63, 3.8) is 0 Å². The maximum atomic E-state index is 5.58. The van der Waals surface area contributed by atoms with Crippen LogP contribution in [0.5, 0.6) is 0 Å². The van der Waals surface area contributed by atoms with Crippen molar-refractivity contribution in [2.45, 2.75) is 0 Å². The summed E-state index contributed by atoms with van der Waals surface area (Å²) in [6, 6.07) is 47.3. The van der Waals surface area contributed by atoms with Crippen molar-refractivity contribution < 1.29 is 0 Å². The van der Waals surface area contributed by atoms with E-state index >= 15 is 0 Å². The molecule has 0 amide bonds. The molecule has 0 saturated heterocycles. The third-order valence-corrected chi connectivity index (χ3v) is 20.4. The summed E-state index contributed by atoms with van der Waals surface area (Å²) in [6.45, 7) is 0. The number of hydrogen-bond acceptors (Lipinski definition) is 22. The average Bonchev–Trinajstić information content (AvgIpc) is 0.961. The van der Waals surface area contributed by atoms with E-state index in [1.807, 2.05) is 146 Å². The van der Waals surface area contributed by atoms with E-state index in [1.54, 1.807) is 49.6 Å². The summed E-state index contributed by atoms with van der Waals surface area (Å²) in [5.41, 5.74) is 20.4. The third-order valence-electron chi connectivity index (χ3n) is 20.4. The highest BCUT2D eigenvalue weighted by atomic mass is 15.1. The number of H-pyrrole nitrogens is 2. The Morgan fingerprint density at radius 1 is 0.163 bits per heavy atom. The van der Waals surface area contributed by atoms with Crippen molar-refractivity contribution >= 4 is 220 Å². The van der Waals surface area contributed by atoms with Crippen LogP contribution in [0.4, 0.5) is 0 Å². The molecule has 0 spiro atoms. The van der Waals surface area contributed by atoms with Crippen LogP contribution in [-0.2, 0) is 0 Å². The minimum Gasteiger partial charge on any atom is -0.324 e. The maximum Gasteiger partial charge on any atom is 0.164 e. The number of benzene rings is 8. The Morgan fingerprint density at radius 3 is 0.519 bits per heavy atom. The van der Waals surface area contributed by atoms with Crippen LogP contribution in [0.3, 0.4) is 0 Å². The second-order valence-electron chi connectivity index (χ2n) is 26.0. The molecule has 0 atom stereocenters. The fraction of sp³-hybridized carbons (Fsp3) is 0. The first-order valence-electron chi connectivity index (χ1n) is 33.4. The van der Waals surface area contributed by atoms with Gasteiger partial charge in [0.05, 0.1) is 132 Å². The molecule has 24 heteroatoms. The smallest absolute Gasteiger partial charge is 0.164 e. The zero-order valence-corrected chi connectivity index (χ0v) is 53.3. The van der Waals surface area contributed by atoms with Crippen molar-refractivity contribution in [2.75, 3.05) is 0 Å². The Labute approximate surface area is 577 Å². The predicted octanol–water partition coefficient (Wildman–Crippen LogP) is 15.6. The van der Waals surface area contributed by atoms with E-state index in [4.69, 9.17) is 110 Å². The van der Waals surface area contributed by atoms with Crippen LogP contribution in [0.25, 0.3) is 265 Å². The Bertz CT molecular complexity index is 7340. The van der Waals surface area contributed by atoms with Crippen molar-refractivity contribution in [2.24, 2.45) is 0 Å². The number of rotatable bonds is 0. The summed E-state index contributed by atoms with van der Waals surface area (Å²) in [7, 11) is 0. The largest absolute Gasteiger partial charge is 0.324 e. The predicted molar refractivity (Wildman–Crippen MR) is 401 cm³/mol. The Kier molecular flexibility index (Phi) is 10.0. The molecule has 0 unspecified atom stereocenters. The van der Waals surface area contributed by atoms with Gasteiger partial charge in [0, 0.05) is 136 Å². The first-order chi connectivity index (χ1) is 51.5. The second-order valence-corrected chi connectivity index (χ2v) is 26.0. The van der Waals surface area contributed by atoms with Crippen molar-refractivity contribution in [1.29, 1.82) is 0 Å². The molecule has 0 radical (unpaired) electrons. The summed E-state index contributed by atoms with van der Waals surface area (Å²) in [5, 5.41) is 9.28. The summed E-state index contributed by atoms with van der Waals surface area (Å²) in [6.07, 6.45) is 14.2. The van der Waals surface area contributed by atoms with Crippen LogP contribution >= 0.6 is 0 Å². The minimum absolute atomic E-state index is 0.341. The number of nitrogens with zero attached hydrogens (tertiary/aromatic N) is 22. The molecular formula is C80H34N24. The number of pyridine rings is 8. The molecule has 2 aliphatic rings. The molecule has 17 heterocycles. The average molecular weight is 1330 g/mol. The van der Waals surface area contributed by atoms with E-state index in [0.717, 1.165) is 87.2 Å². The van der Waals surface area contributed by atoms with Crippen LogP contribution < -0.4 is 0 Å². The van der Waals surface area contributed by atoms with Gasteiger partial charge >= 0.3 is 0 Å². The first-order valence-corrected chi connectivity index (χ1v) is 33.4. The van der Waals surface area contributed by atoms with Gasteiger partial charge in [0.2, 0.25) is 0 Å². The van der Waals surface area contributed by atoms with Crippen molar-refractivity contribution in [3.8, 4) is 45.6 Å². The standard InChI is InChI=1S/C80H34N24/c1-9-33-57(81-17-1)58-34(10-2-18-82-58)66-65(33)89-49-25-41-42(26-50(49)90-66)74-97-73(41)101-75-43-27-51-52(92-68-36-12-4-20-84-60(36)59-35(67(68)91-51)11-3-19-83-59)28-44(43)77(98-75)103-79-47-31-55-56(96-72-40-16-8-24-88-64(40)63-39(71(72)95-55)15-7-23-87-63)32-48(47)80(100-79)104-78-46-30-54-53(29-45(46)76(99-78)102-74)93-69-37-13-5-21-85-61(37)62-38(70(69)94-54)14-6-22-86-62/h1-32H,(H2,97,98,99,100,101,102,103,104). The van der Waals surface area contributed by atoms with Gasteiger partial charge in [-0.15, -0.1) is 0 Å². The van der Waals surface area contributed by atoms with Crippen LogP contribution in [0.2, 0.25) is 0 Å². The van der Waals surface area contributed by atoms with Gasteiger partial charge in [-0.1, -0.05) is 0 Å². The van der Waals surface area contributed by atoms with E-state index in [-0.39, 0.29) is 0 Å². The van der Waals surface area contributed by atoms with Gasteiger partial charge in [-0.3, -0.25) is 39.9 Å². The molecule has 2 aliphatic heterocycles. The van der Waals surface area contributed by atoms with Crippen LogP contribution in [0.1, 0.15) is 0 Å². The minimum atomic E-state index is 0.341. The molecule has 2 N–H and O–H groups in total. The van der Waals surface area contributed by atoms with Gasteiger partial charge in [-0.05, 0) is 146 Å². The first kappa shape index (κ1) is 53.8. The van der Waals surface area contributed by atoms with E-state index < -0.39 is 0 Å². The molecule has 8 bridgehead atoms. The highest BCUT2D eigenvalue weighted by Crippen LogP contribution is 2.44. The molecule has 0 fully saturated rings. The molecule has 474 valence electrons. The monoisotopic (exact) mass is 1330 g/mol. The summed E-state index contributed by atoms with van der Waals surface area (Å²) in [4.78, 5) is 123. The SMILES string of the molecule is c1cnc2c(c1)c1nc3cc4c(cc3nc1c1cccnc12)-c1nc-4nc2[nH]c(nc3nc(nc4[nH]c(n1)c1cc5nc6c7cccnc7c7ncccc7c6nc5cc41)-c1cc4nc5c6cccnc6c6ncccc6c5nc4cc1-3)c1cc3nc4c5cccnc5c5ncccc5c4nc3cc21. The fourth-order valence-electron chi connectivity index (χ4n) is 15.8. The van der Waals surface area contributed by atoms with Crippen molar-refractivity contribution in [1.82, 2.24) is 120 Å². The Balaban J connectivity index is 0.829. The Hall–Kier alpha value is -15.2. The highest BCUT2D eigenvalue weighted by molar-refractivity contribution is 6.26. The lowest BCUT2D eigenvalue weighted by Crippen LogP contribution is -1.94. The summed E-state index contributed by atoms with van der Waals surface area (Å²) < 4.78 is 0.